The predicted octanol–water partition coefficient (Wildman–Crippen LogP) is 3.20. The second-order valence-corrected chi connectivity index (χ2v) is 5.56. The van der Waals surface area contributed by atoms with Crippen molar-refractivity contribution in [2.75, 3.05) is 13.1 Å². The quantitative estimate of drug-likeness (QED) is 0.929. The van der Waals surface area contributed by atoms with Crippen LogP contribution in [0, 0.1) is 5.92 Å². The van der Waals surface area contributed by atoms with Crippen molar-refractivity contribution < 1.29 is 0 Å². The molecule has 1 aliphatic heterocycles. The molecule has 4 heteroatoms. The normalized spacial score (nSPS) is 18.9. The maximum Gasteiger partial charge on any atom is 0.0950 e. The fourth-order valence-electron chi connectivity index (χ4n) is 2.64. The zero-order chi connectivity index (χ0) is 13.1. The molecule has 3 nitrogen and oxygen atoms in total. The molecule has 1 aliphatic rings. The molecule has 1 fully saturated rings. The van der Waals surface area contributed by atoms with Crippen LogP contribution in [0.5, 0.6) is 0 Å². The molecule has 1 unspecified atom stereocenters. The van der Waals surface area contributed by atoms with Gasteiger partial charge >= 0.3 is 0 Å². The van der Waals surface area contributed by atoms with Gasteiger partial charge in [0.2, 0.25) is 0 Å². The average molecular weight is 276 g/mol. The Morgan fingerprint density at radius 3 is 2.89 bits per heavy atom. The Labute approximate surface area is 118 Å². The third-order valence-electron chi connectivity index (χ3n) is 3.79. The molecule has 2 aromatic rings. The molecule has 0 radical (unpaired) electrons. The minimum Gasteiger partial charge on any atom is -0.331 e. The summed E-state index contributed by atoms with van der Waals surface area (Å²) in [6, 6.07) is 7.95. The van der Waals surface area contributed by atoms with E-state index in [2.05, 4.69) is 14.9 Å². The van der Waals surface area contributed by atoms with E-state index < -0.39 is 0 Å². The van der Waals surface area contributed by atoms with E-state index in [9.17, 15) is 0 Å². The fraction of sp³-hybridized carbons (Fsp3) is 0.400. The molecular weight excluding hydrogens is 258 g/mol. The molecule has 1 N–H and O–H groups in total. The number of hydrogen-bond donors (Lipinski definition) is 1. The number of nitrogens with one attached hydrogen (secondary N) is 1. The lowest BCUT2D eigenvalue weighted by Gasteiger charge is -2.11. The van der Waals surface area contributed by atoms with Crippen LogP contribution in [0.25, 0.3) is 11.3 Å². The summed E-state index contributed by atoms with van der Waals surface area (Å²) in [6.45, 7) is 3.36. The molecule has 1 aromatic carbocycles. The van der Waals surface area contributed by atoms with Crippen LogP contribution in [0.3, 0.4) is 0 Å². The van der Waals surface area contributed by atoms with Gasteiger partial charge in [-0.1, -0.05) is 23.7 Å². The van der Waals surface area contributed by atoms with Gasteiger partial charge in [-0.15, -0.1) is 0 Å². The minimum atomic E-state index is 0.770. The van der Waals surface area contributed by atoms with Crippen molar-refractivity contribution in [3.05, 3.63) is 41.8 Å². The van der Waals surface area contributed by atoms with Gasteiger partial charge in [-0.2, -0.15) is 0 Å². The first-order valence-electron chi connectivity index (χ1n) is 6.80. The van der Waals surface area contributed by atoms with Gasteiger partial charge in [0.25, 0.3) is 0 Å². The maximum absolute atomic E-state index is 5.93. The molecule has 100 valence electrons. The molecule has 0 saturated carbocycles. The molecule has 0 spiro atoms. The van der Waals surface area contributed by atoms with Crippen molar-refractivity contribution >= 4 is 11.6 Å². The lowest BCUT2D eigenvalue weighted by Crippen LogP contribution is -2.11. The molecular formula is C15H18ClN3. The van der Waals surface area contributed by atoms with Crippen LogP contribution >= 0.6 is 11.6 Å². The van der Waals surface area contributed by atoms with Crippen LogP contribution in [0.4, 0.5) is 0 Å². The third-order valence-corrected chi connectivity index (χ3v) is 4.04. The first-order chi connectivity index (χ1) is 9.33. The largest absolute Gasteiger partial charge is 0.331 e. The van der Waals surface area contributed by atoms with Crippen molar-refractivity contribution in [2.24, 2.45) is 5.92 Å². The topological polar surface area (TPSA) is 29.9 Å². The van der Waals surface area contributed by atoms with E-state index in [1.807, 2.05) is 36.8 Å². The first kappa shape index (κ1) is 12.7. The number of benzene rings is 1. The monoisotopic (exact) mass is 275 g/mol. The molecule has 2 heterocycles. The number of aryl methyl sites for hydroxylation is 1. The number of aromatic nitrogens is 2. The van der Waals surface area contributed by atoms with Crippen LogP contribution in [-0.4, -0.2) is 22.6 Å². The number of hydrogen-bond acceptors (Lipinski definition) is 2. The Bertz CT molecular complexity index is 527. The highest BCUT2D eigenvalue weighted by Crippen LogP contribution is 2.22. The van der Waals surface area contributed by atoms with E-state index in [4.69, 9.17) is 11.6 Å². The van der Waals surface area contributed by atoms with Crippen molar-refractivity contribution in [2.45, 2.75) is 19.4 Å². The second-order valence-electron chi connectivity index (χ2n) is 5.13. The van der Waals surface area contributed by atoms with Gasteiger partial charge in [0.1, 0.15) is 0 Å². The van der Waals surface area contributed by atoms with Crippen LogP contribution in [-0.2, 0) is 6.54 Å². The van der Waals surface area contributed by atoms with Gasteiger partial charge < -0.3 is 9.88 Å². The van der Waals surface area contributed by atoms with E-state index >= 15 is 0 Å². The standard InChI is InChI=1S/C15H18ClN3/c16-14-3-1-13(2-4-14)15-10-18-11-19(15)8-6-12-5-7-17-9-12/h1-4,10-12,17H,5-9H2. The Kier molecular flexibility index (Phi) is 3.85. The third kappa shape index (κ3) is 2.99. The van der Waals surface area contributed by atoms with Crippen molar-refractivity contribution in [1.82, 2.24) is 14.9 Å². The summed E-state index contributed by atoms with van der Waals surface area (Å²) in [7, 11) is 0. The van der Waals surface area contributed by atoms with Gasteiger partial charge in [-0.3, -0.25) is 0 Å². The lowest BCUT2D eigenvalue weighted by molar-refractivity contribution is 0.481. The van der Waals surface area contributed by atoms with Crippen molar-refractivity contribution in [3.8, 4) is 11.3 Å². The molecule has 3 rings (SSSR count). The van der Waals surface area contributed by atoms with Crippen LogP contribution in [0.2, 0.25) is 5.02 Å². The maximum atomic E-state index is 5.93. The van der Waals surface area contributed by atoms with Gasteiger partial charge in [-0.05, 0) is 49.5 Å². The smallest absolute Gasteiger partial charge is 0.0950 e. The zero-order valence-electron chi connectivity index (χ0n) is 10.8. The summed E-state index contributed by atoms with van der Waals surface area (Å²) in [5.41, 5.74) is 2.34. The summed E-state index contributed by atoms with van der Waals surface area (Å²) in [6.07, 6.45) is 6.36. The zero-order valence-corrected chi connectivity index (χ0v) is 11.6. The summed E-state index contributed by atoms with van der Waals surface area (Å²) in [5, 5.41) is 4.19. The molecule has 1 aromatic heterocycles. The molecule has 1 saturated heterocycles. The van der Waals surface area contributed by atoms with Crippen LogP contribution in [0.1, 0.15) is 12.8 Å². The summed E-state index contributed by atoms with van der Waals surface area (Å²) >= 11 is 5.93. The van der Waals surface area contributed by atoms with Crippen molar-refractivity contribution in [3.63, 3.8) is 0 Å². The summed E-state index contributed by atoms with van der Waals surface area (Å²) in [5.74, 6) is 0.806. The SMILES string of the molecule is Clc1ccc(-c2cncn2CCC2CCNC2)cc1. The van der Waals surface area contributed by atoms with Crippen molar-refractivity contribution in [1.29, 1.82) is 0 Å². The molecule has 0 amide bonds. The van der Waals surface area contributed by atoms with Crippen LogP contribution in [0.15, 0.2) is 36.8 Å². The van der Waals surface area contributed by atoms with E-state index in [0.29, 0.717) is 0 Å². The van der Waals surface area contributed by atoms with E-state index in [1.165, 1.54) is 30.6 Å². The number of imidazole rings is 1. The lowest BCUT2D eigenvalue weighted by atomic mass is 10.1. The Morgan fingerprint density at radius 1 is 1.32 bits per heavy atom. The molecule has 0 bridgehead atoms. The van der Waals surface area contributed by atoms with Crippen LogP contribution < -0.4 is 5.32 Å². The first-order valence-corrected chi connectivity index (χ1v) is 7.17. The Morgan fingerprint density at radius 2 is 2.16 bits per heavy atom. The molecule has 19 heavy (non-hydrogen) atoms. The molecule has 0 aliphatic carbocycles. The summed E-state index contributed by atoms with van der Waals surface area (Å²) in [4.78, 5) is 4.28. The molecule has 1 atom stereocenters. The van der Waals surface area contributed by atoms with Gasteiger partial charge in [-0.25, -0.2) is 4.98 Å². The van der Waals surface area contributed by atoms with E-state index in [-0.39, 0.29) is 0 Å². The Hall–Kier alpha value is -1.32. The number of nitrogens with zero attached hydrogens (tertiary/aromatic N) is 2. The minimum absolute atomic E-state index is 0.770. The number of halogens is 1. The van der Waals surface area contributed by atoms with Gasteiger partial charge in [0.15, 0.2) is 0 Å². The predicted molar refractivity (Wildman–Crippen MR) is 78.3 cm³/mol. The highest BCUT2D eigenvalue weighted by atomic mass is 35.5. The van der Waals surface area contributed by atoms with E-state index in [0.717, 1.165) is 24.0 Å². The Balaban J connectivity index is 1.72. The van der Waals surface area contributed by atoms with E-state index in [1.54, 1.807) is 0 Å². The second kappa shape index (κ2) is 5.76. The number of rotatable bonds is 4. The highest BCUT2D eigenvalue weighted by Gasteiger charge is 2.14. The fourth-order valence-corrected chi connectivity index (χ4v) is 2.77. The summed E-state index contributed by atoms with van der Waals surface area (Å²) < 4.78 is 2.24. The van der Waals surface area contributed by atoms with Gasteiger partial charge in [0, 0.05) is 11.6 Å². The average Bonchev–Trinajstić information content (AvgIpc) is 3.08. The van der Waals surface area contributed by atoms with Gasteiger partial charge in [0.05, 0.1) is 18.2 Å². The highest BCUT2D eigenvalue weighted by molar-refractivity contribution is 6.30.